The van der Waals surface area contributed by atoms with Crippen molar-refractivity contribution in [3.05, 3.63) is 12.2 Å². The molecule has 2 heteroatoms. The van der Waals surface area contributed by atoms with Crippen molar-refractivity contribution >= 4 is 0 Å². The highest BCUT2D eigenvalue weighted by Gasteiger charge is 1.70. The van der Waals surface area contributed by atoms with Crippen LogP contribution in [-0.2, 0) is 0 Å². The van der Waals surface area contributed by atoms with Gasteiger partial charge in [-0.15, -0.1) is 0 Å². The van der Waals surface area contributed by atoms with Gasteiger partial charge in [0.25, 0.3) is 0 Å². The fourth-order valence-corrected chi connectivity index (χ4v) is 0.333. The molecule has 0 saturated heterocycles. The van der Waals surface area contributed by atoms with Gasteiger partial charge in [-0.05, 0) is 13.3 Å². The maximum atomic E-state index is 4.99. The Bertz CT molecular complexity index is 50.0. The lowest BCUT2D eigenvalue weighted by atomic mass is 10.4. The Kier molecular flexibility index (Phi) is 5.39. The second-order valence-electron chi connectivity index (χ2n) is 1.31. The molecule has 0 heterocycles. The summed E-state index contributed by atoms with van der Waals surface area (Å²) in [5, 5.41) is 0. The van der Waals surface area contributed by atoms with Gasteiger partial charge in [0.05, 0.1) is 0 Å². The van der Waals surface area contributed by atoms with E-state index in [1.807, 2.05) is 13.0 Å². The summed E-state index contributed by atoms with van der Waals surface area (Å²) in [5.74, 6) is 4.99. The van der Waals surface area contributed by atoms with Gasteiger partial charge in [-0.1, -0.05) is 12.2 Å². The zero-order valence-corrected chi connectivity index (χ0v) is 4.65. The zero-order valence-electron chi connectivity index (χ0n) is 4.65. The number of nitrogens with two attached hydrogens (primary N) is 1. The van der Waals surface area contributed by atoms with E-state index < -0.39 is 0 Å². The van der Waals surface area contributed by atoms with Gasteiger partial charge in [-0.25, -0.2) is 0 Å². The van der Waals surface area contributed by atoms with Crippen molar-refractivity contribution in [2.75, 3.05) is 6.54 Å². The smallest absolute Gasteiger partial charge is 0.0132 e. The lowest BCUT2D eigenvalue weighted by Gasteiger charge is -1.88. The van der Waals surface area contributed by atoms with Crippen LogP contribution in [0, 0.1) is 0 Å². The zero-order chi connectivity index (χ0) is 5.54. The van der Waals surface area contributed by atoms with Crippen molar-refractivity contribution in [1.82, 2.24) is 5.43 Å². The van der Waals surface area contributed by atoms with Crippen molar-refractivity contribution < 1.29 is 0 Å². The second-order valence-corrected chi connectivity index (χ2v) is 1.31. The van der Waals surface area contributed by atoms with Gasteiger partial charge < -0.3 is 0 Å². The Labute approximate surface area is 44.4 Å². The predicted octanol–water partition coefficient (Wildman–Crippen LogP) is 0.416. The summed E-state index contributed by atoms with van der Waals surface area (Å²) in [6.07, 6.45) is 5.10. The fourth-order valence-electron chi connectivity index (χ4n) is 0.333. The SMILES string of the molecule is C/C=C\CCNN. The molecule has 0 rings (SSSR count). The van der Waals surface area contributed by atoms with Gasteiger partial charge in [0, 0.05) is 6.54 Å². The number of hydrogen-bond acceptors (Lipinski definition) is 2. The summed E-state index contributed by atoms with van der Waals surface area (Å²) in [7, 11) is 0. The minimum atomic E-state index is 0.865. The lowest BCUT2D eigenvalue weighted by molar-refractivity contribution is 0.739. The molecule has 0 aromatic carbocycles. The number of nitrogens with one attached hydrogen (secondary N) is 1. The molecule has 0 aliphatic heterocycles. The summed E-state index contributed by atoms with van der Waals surface area (Å²) < 4.78 is 0. The van der Waals surface area contributed by atoms with Crippen LogP contribution in [0.3, 0.4) is 0 Å². The van der Waals surface area contributed by atoms with E-state index in [1.54, 1.807) is 0 Å². The Morgan fingerprint density at radius 1 is 1.71 bits per heavy atom. The molecule has 0 saturated carbocycles. The quantitative estimate of drug-likeness (QED) is 0.233. The van der Waals surface area contributed by atoms with Crippen molar-refractivity contribution in [3.8, 4) is 0 Å². The Morgan fingerprint density at radius 2 is 2.43 bits per heavy atom. The third-order valence-electron chi connectivity index (χ3n) is 0.691. The molecular weight excluding hydrogens is 88.1 g/mol. The van der Waals surface area contributed by atoms with Gasteiger partial charge in [-0.2, -0.15) is 0 Å². The van der Waals surface area contributed by atoms with Crippen molar-refractivity contribution in [2.45, 2.75) is 13.3 Å². The molecule has 0 bridgehead atoms. The van der Waals surface area contributed by atoms with Crippen LogP contribution < -0.4 is 11.3 Å². The molecule has 42 valence electrons. The highest BCUT2D eigenvalue weighted by Crippen LogP contribution is 1.75. The van der Waals surface area contributed by atoms with Crippen molar-refractivity contribution in [2.24, 2.45) is 5.84 Å². The molecule has 0 aliphatic carbocycles. The normalized spacial score (nSPS) is 10.6. The minimum Gasteiger partial charge on any atom is -0.271 e. The average molecular weight is 100 g/mol. The minimum absolute atomic E-state index is 0.865. The first kappa shape index (κ1) is 6.66. The molecule has 2 nitrogen and oxygen atoms in total. The third-order valence-corrected chi connectivity index (χ3v) is 0.691. The van der Waals surface area contributed by atoms with E-state index in [0.29, 0.717) is 0 Å². The summed E-state index contributed by atoms with van der Waals surface area (Å²) in [6.45, 7) is 2.86. The van der Waals surface area contributed by atoms with E-state index in [0.717, 1.165) is 13.0 Å². The van der Waals surface area contributed by atoms with Crippen LogP contribution in [-0.4, -0.2) is 6.54 Å². The van der Waals surface area contributed by atoms with E-state index >= 15 is 0 Å². The highest BCUT2D eigenvalue weighted by molar-refractivity contribution is 4.76. The summed E-state index contributed by atoms with van der Waals surface area (Å²) in [5.41, 5.74) is 2.55. The van der Waals surface area contributed by atoms with Crippen LogP contribution in [0.15, 0.2) is 12.2 Å². The summed E-state index contributed by atoms with van der Waals surface area (Å²) in [6, 6.07) is 0. The number of allylic oxidation sites excluding steroid dienone is 1. The topological polar surface area (TPSA) is 38.0 Å². The van der Waals surface area contributed by atoms with E-state index in [9.17, 15) is 0 Å². The molecule has 7 heavy (non-hydrogen) atoms. The fraction of sp³-hybridized carbons (Fsp3) is 0.600. The monoisotopic (exact) mass is 100 g/mol. The maximum Gasteiger partial charge on any atom is 0.0132 e. The van der Waals surface area contributed by atoms with Crippen molar-refractivity contribution in [1.29, 1.82) is 0 Å². The van der Waals surface area contributed by atoms with Crippen LogP contribution >= 0.6 is 0 Å². The number of rotatable bonds is 3. The van der Waals surface area contributed by atoms with E-state index in [1.165, 1.54) is 0 Å². The first-order valence-corrected chi connectivity index (χ1v) is 2.46. The predicted molar refractivity (Wildman–Crippen MR) is 31.6 cm³/mol. The Morgan fingerprint density at radius 3 is 2.86 bits per heavy atom. The van der Waals surface area contributed by atoms with Gasteiger partial charge in [-0.3, -0.25) is 11.3 Å². The molecule has 0 fully saturated rings. The molecule has 0 aromatic rings. The number of hydrogen-bond donors (Lipinski definition) is 2. The van der Waals surface area contributed by atoms with Crippen LogP contribution in [0.25, 0.3) is 0 Å². The Hall–Kier alpha value is -0.340. The number of hydrazine groups is 1. The first-order chi connectivity index (χ1) is 3.41. The molecule has 0 aromatic heterocycles. The standard InChI is InChI=1S/C5H12N2/c1-2-3-4-5-7-6/h2-3,7H,4-6H2,1H3/b3-2-. The average Bonchev–Trinajstić information content (AvgIpc) is 1.69. The molecular formula is C5H12N2. The molecule has 3 N–H and O–H groups in total. The molecule has 0 aliphatic rings. The molecule has 0 unspecified atom stereocenters. The van der Waals surface area contributed by atoms with Crippen molar-refractivity contribution in [3.63, 3.8) is 0 Å². The third kappa shape index (κ3) is 5.66. The first-order valence-electron chi connectivity index (χ1n) is 2.46. The summed E-state index contributed by atoms with van der Waals surface area (Å²) in [4.78, 5) is 0. The van der Waals surface area contributed by atoms with Gasteiger partial charge in [0.15, 0.2) is 0 Å². The second kappa shape index (κ2) is 5.66. The van der Waals surface area contributed by atoms with Gasteiger partial charge >= 0.3 is 0 Å². The molecule has 0 spiro atoms. The molecule has 0 radical (unpaired) electrons. The highest BCUT2D eigenvalue weighted by atomic mass is 15.2. The van der Waals surface area contributed by atoms with E-state index in [-0.39, 0.29) is 0 Å². The Balaban J connectivity index is 2.69. The molecule has 0 atom stereocenters. The van der Waals surface area contributed by atoms with Crippen LogP contribution in [0.5, 0.6) is 0 Å². The van der Waals surface area contributed by atoms with E-state index in [2.05, 4.69) is 11.5 Å². The summed E-state index contributed by atoms with van der Waals surface area (Å²) >= 11 is 0. The molecule has 0 amide bonds. The van der Waals surface area contributed by atoms with Crippen LogP contribution in [0.4, 0.5) is 0 Å². The maximum absolute atomic E-state index is 4.99. The van der Waals surface area contributed by atoms with Gasteiger partial charge in [0.1, 0.15) is 0 Å². The van der Waals surface area contributed by atoms with Crippen LogP contribution in [0.2, 0.25) is 0 Å². The van der Waals surface area contributed by atoms with Gasteiger partial charge in [0.2, 0.25) is 0 Å². The van der Waals surface area contributed by atoms with E-state index in [4.69, 9.17) is 5.84 Å². The van der Waals surface area contributed by atoms with Crippen LogP contribution in [0.1, 0.15) is 13.3 Å². The largest absolute Gasteiger partial charge is 0.271 e. The lowest BCUT2D eigenvalue weighted by Crippen LogP contribution is -2.22.